The molecule has 1 unspecified atom stereocenters. The largest absolute Gasteiger partial charge is 0.444 e. The fourth-order valence-electron chi connectivity index (χ4n) is 3.38. The molecule has 2 fully saturated rings. The molecule has 0 aromatic heterocycles. The summed E-state index contributed by atoms with van der Waals surface area (Å²) in [6.07, 6.45) is 5.73. The van der Waals surface area contributed by atoms with Gasteiger partial charge in [-0.3, -0.25) is 9.69 Å². The molecule has 30 heavy (non-hydrogen) atoms. The number of nitrogens with zero attached hydrogens (tertiary/aromatic N) is 2. The highest BCUT2D eigenvalue weighted by atomic mass is 16.6. The normalized spacial score (nSPS) is 19.7. The number of carbonyl (C=O) groups is 2. The number of rotatable bonds is 6. The molecule has 1 aliphatic heterocycles. The lowest BCUT2D eigenvalue weighted by Crippen LogP contribution is -2.48. The second kappa shape index (κ2) is 11.6. The van der Waals surface area contributed by atoms with Crippen LogP contribution in [0.2, 0.25) is 0 Å². The number of piperidine rings is 1. The van der Waals surface area contributed by atoms with Crippen LogP contribution in [0.15, 0.2) is 23.8 Å². The molecule has 5 heteroatoms. The van der Waals surface area contributed by atoms with E-state index in [0.717, 1.165) is 37.8 Å². The van der Waals surface area contributed by atoms with Gasteiger partial charge in [0.1, 0.15) is 12.1 Å². The maximum absolute atomic E-state index is 12.9. The first-order valence-electron chi connectivity index (χ1n) is 11.6. The minimum Gasteiger partial charge on any atom is -0.444 e. The van der Waals surface area contributed by atoms with Crippen LogP contribution < -0.4 is 0 Å². The highest BCUT2D eigenvalue weighted by Crippen LogP contribution is 2.29. The molecule has 0 spiro atoms. The maximum atomic E-state index is 12.9. The van der Waals surface area contributed by atoms with E-state index in [4.69, 9.17) is 4.74 Å². The molecule has 5 nitrogen and oxygen atoms in total. The number of amides is 2. The average Bonchev–Trinajstić information content (AvgIpc) is 3.51. The molecule has 1 saturated heterocycles. The second-order valence-corrected chi connectivity index (χ2v) is 9.64. The van der Waals surface area contributed by atoms with Gasteiger partial charge in [-0.25, -0.2) is 4.79 Å². The van der Waals surface area contributed by atoms with Crippen LogP contribution in [-0.2, 0) is 9.53 Å². The molecule has 1 heterocycles. The lowest BCUT2D eigenvalue weighted by atomic mass is 9.89. The minimum absolute atomic E-state index is 0.0137. The van der Waals surface area contributed by atoms with E-state index < -0.39 is 5.60 Å². The van der Waals surface area contributed by atoms with Crippen LogP contribution in [0.4, 0.5) is 4.79 Å². The van der Waals surface area contributed by atoms with Gasteiger partial charge < -0.3 is 9.64 Å². The van der Waals surface area contributed by atoms with Crippen molar-refractivity contribution in [1.29, 1.82) is 0 Å². The number of ether oxygens (including phenoxy) is 1. The number of likely N-dealkylation sites (tertiary alicyclic amines) is 1. The predicted molar refractivity (Wildman–Crippen MR) is 124 cm³/mol. The number of allylic oxidation sites excluding steroid dienone is 2. The molecular formula is C25H44N2O3. The Balaban J connectivity index is 0.00000218. The van der Waals surface area contributed by atoms with Crippen LogP contribution in [0.5, 0.6) is 0 Å². The van der Waals surface area contributed by atoms with E-state index >= 15 is 0 Å². The summed E-state index contributed by atoms with van der Waals surface area (Å²) in [6, 6.07) is 0.144. The van der Waals surface area contributed by atoms with Crippen LogP contribution in [0.25, 0.3) is 0 Å². The SMILES string of the molecule is C=C(/C=C(\C)C(C)C)C1CCCN(C(=O)CN(C(=O)OC(C)(C)C)C2CC2)C1.CC. The van der Waals surface area contributed by atoms with E-state index in [0.29, 0.717) is 18.4 Å². The smallest absolute Gasteiger partial charge is 0.411 e. The van der Waals surface area contributed by atoms with Gasteiger partial charge in [0.25, 0.3) is 0 Å². The van der Waals surface area contributed by atoms with Crippen LogP contribution in [0.1, 0.15) is 81.1 Å². The first-order chi connectivity index (χ1) is 14.0. The topological polar surface area (TPSA) is 49.9 Å². The Morgan fingerprint density at radius 3 is 2.30 bits per heavy atom. The zero-order valence-corrected chi connectivity index (χ0v) is 20.6. The molecule has 0 bridgehead atoms. The van der Waals surface area contributed by atoms with Crippen LogP contribution in [0, 0.1) is 11.8 Å². The lowest BCUT2D eigenvalue weighted by molar-refractivity contribution is -0.134. The van der Waals surface area contributed by atoms with Crippen molar-refractivity contribution in [3.63, 3.8) is 0 Å². The molecule has 0 aromatic rings. The molecule has 2 aliphatic rings. The maximum Gasteiger partial charge on any atom is 0.411 e. The van der Waals surface area contributed by atoms with Crippen molar-refractivity contribution in [2.24, 2.45) is 11.8 Å². The Morgan fingerprint density at radius 2 is 1.80 bits per heavy atom. The minimum atomic E-state index is -0.554. The van der Waals surface area contributed by atoms with E-state index in [1.807, 2.05) is 39.5 Å². The van der Waals surface area contributed by atoms with Gasteiger partial charge in [-0.05, 0) is 59.3 Å². The summed E-state index contributed by atoms with van der Waals surface area (Å²) in [4.78, 5) is 29.0. The highest BCUT2D eigenvalue weighted by Gasteiger charge is 2.37. The highest BCUT2D eigenvalue weighted by molar-refractivity contribution is 5.83. The zero-order chi connectivity index (χ0) is 23.1. The van der Waals surface area contributed by atoms with Gasteiger partial charge in [0, 0.05) is 25.0 Å². The Hall–Kier alpha value is -1.78. The fraction of sp³-hybridized carbons (Fsp3) is 0.760. The molecule has 2 amide bonds. The number of carbonyl (C=O) groups excluding carboxylic acids is 2. The Morgan fingerprint density at radius 1 is 1.20 bits per heavy atom. The van der Waals surface area contributed by atoms with Gasteiger partial charge >= 0.3 is 6.09 Å². The van der Waals surface area contributed by atoms with Crippen LogP contribution in [0.3, 0.4) is 0 Å². The zero-order valence-electron chi connectivity index (χ0n) is 20.6. The van der Waals surface area contributed by atoms with Crippen molar-refractivity contribution in [3.05, 3.63) is 23.8 Å². The molecule has 1 aliphatic carbocycles. The van der Waals surface area contributed by atoms with Gasteiger partial charge in [0.15, 0.2) is 0 Å². The van der Waals surface area contributed by atoms with E-state index in [1.54, 1.807) is 4.90 Å². The number of hydrogen-bond acceptors (Lipinski definition) is 3. The third-order valence-corrected chi connectivity index (χ3v) is 5.54. The van der Waals surface area contributed by atoms with Gasteiger partial charge in [-0.2, -0.15) is 0 Å². The summed E-state index contributed by atoms with van der Waals surface area (Å²) in [5, 5.41) is 0. The van der Waals surface area contributed by atoms with E-state index in [9.17, 15) is 9.59 Å². The van der Waals surface area contributed by atoms with Gasteiger partial charge in [0.2, 0.25) is 5.91 Å². The molecule has 2 rings (SSSR count). The van der Waals surface area contributed by atoms with Gasteiger partial charge in [-0.1, -0.05) is 51.5 Å². The molecule has 1 saturated carbocycles. The summed E-state index contributed by atoms with van der Waals surface area (Å²) in [7, 11) is 0. The van der Waals surface area contributed by atoms with Crippen LogP contribution >= 0.6 is 0 Å². The third kappa shape index (κ3) is 8.53. The first kappa shape index (κ1) is 26.3. The Labute approximate surface area is 184 Å². The molecule has 0 N–H and O–H groups in total. The van der Waals surface area contributed by atoms with E-state index in [2.05, 4.69) is 33.4 Å². The molecule has 1 atom stereocenters. The van der Waals surface area contributed by atoms with E-state index in [1.165, 1.54) is 5.57 Å². The van der Waals surface area contributed by atoms with Gasteiger partial charge in [-0.15, -0.1) is 0 Å². The summed E-state index contributed by atoms with van der Waals surface area (Å²) < 4.78 is 5.51. The van der Waals surface area contributed by atoms with Crippen molar-refractivity contribution < 1.29 is 14.3 Å². The van der Waals surface area contributed by atoms with Crippen molar-refractivity contribution in [2.75, 3.05) is 19.6 Å². The lowest BCUT2D eigenvalue weighted by Gasteiger charge is -2.35. The number of hydrogen-bond donors (Lipinski definition) is 0. The monoisotopic (exact) mass is 420 g/mol. The molecule has 172 valence electrons. The quantitative estimate of drug-likeness (QED) is 0.510. The Bertz CT molecular complexity index is 627. The standard InChI is InChI=1S/C23H38N2O3.C2H6/c1-16(2)17(3)13-18(4)19-9-8-12-24(14-19)21(26)15-25(20-10-11-20)22(27)28-23(5,6)7;1-2/h13,16,19-20H,4,8-12,14-15H2,1-3,5-7H3;1-2H3/b17-13+;. The molecule has 0 aromatic carbocycles. The Kier molecular flexibility index (Phi) is 10.1. The van der Waals surface area contributed by atoms with Crippen molar-refractivity contribution in [2.45, 2.75) is 92.7 Å². The van der Waals surface area contributed by atoms with Crippen molar-refractivity contribution >= 4 is 12.0 Å². The second-order valence-electron chi connectivity index (χ2n) is 9.64. The summed E-state index contributed by atoms with van der Waals surface area (Å²) in [6.45, 7) is 21.9. The molecule has 0 radical (unpaired) electrons. The first-order valence-corrected chi connectivity index (χ1v) is 11.6. The average molecular weight is 421 g/mol. The van der Waals surface area contributed by atoms with Crippen molar-refractivity contribution in [1.82, 2.24) is 9.80 Å². The molecular weight excluding hydrogens is 376 g/mol. The van der Waals surface area contributed by atoms with Gasteiger partial charge in [0.05, 0.1) is 0 Å². The summed E-state index contributed by atoms with van der Waals surface area (Å²) in [5.41, 5.74) is 1.87. The summed E-state index contributed by atoms with van der Waals surface area (Å²) >= 11 is 0. The van der Waals surface area contributed by atoms with Crippen LogP contribution in [-0.4, -0.2) is 53.1 Å². The van der Waals surface area contributed by atoms with Crippen molar-refractivity contribution in [3.8, 4) is 0 Å². The summed E-state index contributed by atoms with van der Waals surface area (Å²) in [5.74, 6) is 0.807. The predicted octanol–water partition coefficient (Wildman–Crippen LogP) is 5.81. The fourth-order valence-corrected chi connectivity index (χ4v) is 3.38. The van der Waals surface area contributed by atoms with E-state index in [-0.39, 0.29) is 24.6 Å². The third-order valence-electron chi connectivity index (χ3n) is 5.54.